The van der Waals surface area contributed by atoms with E-state index in [1.807, 2.05) is 26.8 Å². The van der Waals surface area contributed by atoms with Gasteiger partial charge in [-0.15, -0.1) is 0 Å². The third-order valence-corrected chi connectivity index (χ3v) is 5.13. The highest BCUT2D eigenvalue weighted by Crippen LogP contribution is 2.50. The third-order valence-electron chi connectivity index (χ3n) is 5.13. The Balaban J connectivity index is 2.16. The van der Waals surface area contributed by atoms with E-state index in [1.54, 1.807) is 6.07 Å². The fraction of sp³-hybridized carbons (Fsp3) is 0.550. The van der Waals surface area contributed by atoms with E-state index < -0.39 is 5.60 Å². The molecule has 23 heavy (non-hydrogen) atoms. The van der Waals surface area contributed by atoms with E-state index in [2.05, 4.69) is 6.92 Å². The lowest BCUT2D eigenvalue weighted by molar-refractivity contribution is -0.117. The Kier molecular flexibility index (Phi) is 3.99. The summed E-state index contributed by atoms with van der Waals surface area (Å²) >= 11 is 0. The largest absolute Gasteiger partial charge is 0.507 e. The van der Waals surface area contributed by atoms with Crippen LogP contribution in [0.25, 0.3) is 5.57 Å². The van der Waals surface area contributed by atoms with E-state index in [0.29, 0.717) is 16.9 Å². The van der Waals surface area contributed by atoms with Crippen molar-refractivity contribution in [2.24, 2.45) is 5.92 Å². The molecule has 3 heteroatoms. The summed E-state index contributed by atoms with van der Waals surface area (Å²) in [5.74, 6) is 0.983. The Labute approximate surface area is 138 Å². The number of carbonyl (C=O) groups excluding carboxylic acids is 1. The lowest BCUT2D eigenvalue weighted by Crippen LogP contribution is -2.39. The van der Waals surface area contributed by atoms with Crippen LogP contribution >= 0.6 is 0 Å². The monoisotopic (exact) mass is 314 g/mol. The van der Waals surface area contributed by atoms with Crippen LogP contribution < -0.4 is 4.74 Å². The lowest BCUT2D eigenvalue weighted by atomic mass is 9.73. The topological polar surface area (TPSA) is 46.5 Å². The predicted octanol–water partition coefficient (Wildman–Crippen LogP) is 4.66. The van der Waals surface area contributed by atoms with Gasteiger partial charge in [0.1, 0.15) is 17.1 Å². The second kappa shape index (κ2) is 5.70. The summed E-state index contributed by atoms with van der Waals surface area (Å²) in [5.41, 5.74) is 2.92. The summed E-state index contributed by atoms with van der Waals surface area (Å²) in [5, 5.41) is 10.6. The summed E-state index contributed by atoms with van der Waals surface area (Å²) in [6, 6.07) is 3.80. The highest BCUT2D eigenvalue weighted by atomic mass is 16.5. The van der Waals surface area contributed by atoms with Gasteiger partial charge in [0, 0.05) is 11.5 Å². The molecule has 0 radical (unpaired) electrons. The smallest absolute Gasteiger partial charge is 0.166 e. The van der Waals surface area contributed by atoms with Gasteiger partial charge in [-0.1, -0.05) is 20.3 Å². The molecular formula is C20H26O3. The van der Waals surface area contributed by atoms with Gasteiger partial charge >= 0.3 is 0 Å². The van der Waals surface area contributed by atoms with E-state index in [-0.39, 0.29) is 17.5 Å². The van der Waals surface area contributed by atoms with Crippen molar-refractivity contribution in [2.45, 2.75) is 65.4 Å². The fourth-order valence-corrected chi connectivity index (χ4v) is 3.74. The van der Waals surface area contributed by atoms with Crippen molar-refractivity contribution < 1.29 is 14.6 Å². The number of hydrogen-bond donors (Lipinski definition) is 1. The van der Waals surface area contributed by atoms with Gasteiger partial charge < -0.3 is 9.84 Å². The number of aryl methyl sites for hydroxylation is 1. The Morgan fingerprint density at radius 2 is 2.09 bits per heavy atom. The summed E-state index contributed by atoms with van der Waals surface area (Å²) < 4.78 is 6.20. The van der Waals surface area contributed by atoms with Crippen LogP contribution in [0.2, 0.25) is 0 Å². The van der Waals surface area contributed by atoms with Crippen LogP contribution in [0.1, 0.15) is 64.5 Å². The highest BCUT2D eigenvalue weighted by Gasteiger charge is 2.42. The molecule has 3 rings (SSSR count). The molecule has 0 amide bonds. The van der Waals surface area contributed by atoms with Gasteiger partial charge in [0.05, 0.1) is 5.56 Å². The van der Waals surface area contributed by atoms with E-state index >= 15 is 0 Å². The molecule has 1 aliphatic carbocycles. The molecule has 0 saturated heterocycles. The molecule has 1 aromatic rings. The lowest BCUT2D eigenvalue weighted by Gasteiger charge is -2.40. The molecule has 1 heterocycles. The van der Waals surface area contributed by atoms with Crippen LogP contribution in [0.15, 0.2) is 17.7 Å². The van der Waals surface area contributed by atoms with Crippen molar-refractivity contribution >= 4 is 11.4 Å². The number of ether oxygens (including phenoxy) is 1. The van der Waals surface area contributed by atoms with Crippen molar-refractivity contribution in [3.8, 4) is 11.5 Å². The summed E-state index contributed by atoms with van der Waals surface area (Å²) in [6.07, 6.45) is 4.80. The maximum Gasteiger partial charge on any atom is 0.166 e. The van der Waals surface area contributed by atoms with E-state index in [1.165, 1.54) is 0 Å². The van der Waals surface area contributed by atoms with E-state index in [4.69, 9.17) is 4.74 Å². The van der Waals surface area contributed by atoms with Crippen molar-refractivity contribution in [3.63, 3.8) is 0 Å². The number of phenols is 1. The molecule has 0 bridgehead atoms. The number of phenolic OH excluding ortho intramolecular Hbond substituents is 1. The first-order valence-electron chi connectivity index (χ1n) is 8.68. The zero-order valence-corrected chi connectivity index (χ0v) is 14.5. The van der Waals surface area contributed by atoms with Gasteiger partial charge in [0.15, 0.2) is 5.78 Å². The summed E-state index contributed by atoms with van der Waals surface area (Å²) in [7, 11) is 0. The van der Waals surface area contributed by atoms with Crippen LogP contribution in [0.4, 0.5) is 0 Å². The highest BCUT2D eigenvalue weighted by molar-refractivity contribution is 6.25. The molecular weight excluding hydrogens is 288 g/mol. The quantitative estimate of drug-likeness (QED) is 0.882. The van der Waals surface area contributed by atoms with Gasteiger partial charge in [0.25, 0.3) is 0 Å². The van der Waals surface area contributed by atoms with Crippen LogP contribution in [0.3, 0.4) is 0 Å². The van der Waals surface area contributed by atoms with E-state index in [0.717, 1.165) is 43.2 Å². The first-order valence-corrected chi connectivity index (χ1v) is 8.68. The minimum atomic E-state index is -0.492. The average molecular weight is 314 g/mol. The number of Topliss-reactive ketones (excluding diaryl/α,β-unsaturated/α-hetero) is 1. The maximum atomic E-state index is 12.8. The zero-order valence-electron chi connectivity index (χ0n) is 14.5. The zero-order chi connectivity index (χ0) is 16.8. The number of rotatable bonds is 3. The van der Waals surface area contributed by atoms with Gasteiger partial charge in [-0.2, -0.15) is 0 Å². The molecule has 0 saturated carbocycles. The Morgan fingerprint density at radius 1 is 1.35 bits per heavy atom. The molecule has 124 valence electrons. The summed E-state index contributed by atoms with van der Waals surface area (Å²) in [6.45, 7) is 8.16. The Bertz CT molecular complexity index is 682. The predicted molar refractivity (Wildman–Crippen MR) is 91.8 cm³/mol. The Hall–Kier alpha value is -1.77. The van der Waals surface area contributed by atoms with E-state index in [9.17, 15) is 9.90 Å². The molecule has 1 N–H and O–H groups in total. The minimum Gasteiger partial charge on any atom is -0.507 e. The number of hydrogen-bond acceptors (Lipinski definition) is 3. The standard InChI is InChI=1S/C20H26O3/c1-5-6-7-13-10-15(21)18-16(11-13)23-20(3,4)14-9-8-12(2)19(22)17(14)18/h10-12,21H,5-9H2,1-4H3. The van der Waals surface area contributed by atoms with Crippen molar-refractivity contribution in [1.82, 2.24) is 0 Å². The van der Waals surface area contributed by atoms with Crippen LogP contribution in [0.5, 0.6) is 11.5 Å². The number of fused-ring (bicyclic) bond motifs is 2. The summed E-state index contributed by atoms with van der Waals surface area (Å²) in [4.78, 5) is 12.8. The van der Waals surface area contributed by atoms with Gasteiger partial charge in [-0.3, -0.25) is 4.79 Å². The normalized spacial score (nSPS) is 22.4. The maximum absolute atomic E-state index is 12.8. The number of unbranched alkanes of at least 4 members (excludes halogenated alkanes) is 1. The number of benzene rings is 1. The SMILES string of the molecule is CCCCc1cc(O)c2c(c1)OC(C)(C)C1=C2C(=O)C(C)CC1. The van der Waals surface area contributed by atoms with Crippen LogP contribution in [-0.2, 0) is 11.2 Å². The van der Waals surface area contributed by atoms with Gasteiger partial charge in [-0.05, 0) is 62.8 Å². The fourth-order valence-electron chi connectivity index (χ4n) is 3.74. The molecule has 1 atom stereocenters. The molecule has 0 spiro atoms. The molecule has 1 aromatic carbocycles. The molecule has 0 aromatic heterocycles. The van der Waals surface area contributed by atoms with Crippen molar-refractivity contribution in [3.05, 3.63) is 28.8 Å². The number of aromatic hydroxyl groups is 1. The molecule has 0 fully saturated rings. The minimum absolute atomic E-state index is 0.00895. The molecule has 2 aliphatic rings. The third kappa shape index (κ3) is 2.66. The van der Waals surface area contributed by atoms with Crippen LogP contribution in [-0.4, -0.2) is 16.5 Å². The van der Waals surface area contributed by atoms with Crippen LogP contribution in [0, 0.1) is 5.92 Å². The first kappa shape index (κ1) is 16.1. The van der Waals surface area contributed by atoms with Gasteiger partial charge in [0.2, 0.25) is 0 Å². The second-order valence-corrected chi connectivity index (χ2v) is 7.36. The number of allylic oxidation sites excluding steroid dienone is 1. The Morgan fingerprint density at radius 3 is 2.78 bits per heavy atom. The van der Waals surface area contributed by atoms with Crippen molar-refractivity contribution in [1.29, 1.82) is 0 Å². The molecule has 1 aliphatic heterocycles. The number of ketones is 1. The van der Waals surface area contributed by atoms with Gasteiger partial charge in [-0.25, -0.2) is 0 Å². The average Bonchev–Trinajstić information content (AvgIpc) is 2.47. The molecule has 1 unspecified atom stereocenters. The first-order chi connectivity index (χ1) is 10.8. The second-order valence-electron chi connectivity index (χ2n) is 7.36. The molecule has 3 nitrogen and oxygen atoms in total. The number of carbonyl (C=O) groups is 1. The van der Waals surface area contributed by atoms with Crippen molar-refractivity contribution in [2.75, 3.05) is 0 Å².